The van der Waals surface area contributed by atoms with Crippen molar-refractivity contribution in [3.63, 3.8) is 0 Å². The Hall–Kier alpha value is -2.73. The molecule has 1 heterocycles. The number of carbonyl (C=O) groups excluding carboxylic acids is 1. The molecule has 3 aromatic rings. The average Bonchev–Trinajstić information content (AvgIpc) is 2.84. The minimum atomic E-state index is -0.501. The first-order valence-electron chi connectivity index (χ1n) is 6.52. The molecule has 3 rings (SSSR count). The SMILES string of the molecule is O=C(NCc1ccc2[nH]c(=O)oc2c1)Nc1cccc(Cl)c1. The van der Waals surface area contributed by atoms with E-state index in [2.05, 4.69) is 15.6 Å². The lowest BCUT2D eigenvalue weighted by Gasteiger charge is -2.08. The topological polar surface area (TPSA) is 87.1 Å². The third-order valence-electron chi connectivity index (χ3n) is 3.02. The molecule has 6 nitrogen and oxygen atoms in total. The second-order valence-corrected chi connectivity index (χ2v) is 5.10. The van der Waals surface area contributed by atoms with Gasteiger partial charge in [-0.25, -0.2) is 9.59 Å². The summed E-state index contributed by atoms with van der Waals surface area (Å²) in [6.07, 6.45) is 0. The molecule has 0 bridgehead atoms. The largest absolute Gasteiger partial charge is 0.417 e. The van der Waals surface area contributed by atoms with Crippen molar-refractivity contribution in [1.82, 2.24) is 10.3 Å². The van der Waals surface area contributed by atoms with Crippen molar-refractivity contribution in [2.45, 2.75) is 6.54 Å². The Morgan fingerprint density at radius 3 is 2.91 bits per heavy atom. The summed E-state index contributed by atoms with van der Waals surface area (Å²) in [5.74, 6) is -0.501. The fourth-order valence-corrected chi connectivity index (χ4v) is 2.21. The molecule has 1 aromatic heterocycles. The molecule has 2 aromatic carbocycles. The number of anilines is 1. The van der Waals surface area contributed by atoms with E-state index in [9.17, 15) is 9.59 Å². The normalized spacial score (nSPS) is 10.6. The maximum Gasteiger partial charge on any atom is 0.417 e. The van der Waals surface area contributed by atoms with E-state index in [1.807, 2.05) is 0 Å². The highest BCUT2D eigenvalue weighted by atomic mass is 35.5. The van der Waals surface area contributed by atoms with Crippen molar-refractivity contribution < 1.29 is 9.21 Å². The van der Waals surface area contributed by atoms with Gasteiger partial charge in [0.05, 0.1) is 5.52 Å². The van der Waals surface area contributed by atoms with E-state index in [0.29, 0.717) is 28.4 Å². The summed E-state index contributed by atoms with van der Waals surface area (Å²) >= 11 is 5.85. The Balaban J connectivity index is 1.63. The van der Waals surface area contributed by atoms with Gasteiger partial charge in [0, 0.05) is 17.3 Å². The average molecular weight is 318 g/mol. The molecule has 7 heteroatoms. The van der Waals surface area contributed by atoms with Gasteiger partial charge >= 0.3 is 11.8 Å². The highest BCUT2D eigenvalue weighted by Gasteiger charge is 2.05. The van der Waals surface area contributed by atoms with Crippen LogP contribution >= 0.6 is 11.6 Å². The van der Waals surface area contributed by atoms with Gasteiger partial charge in [0.25, 0.3) is 0 Å². The Bertz CT molecular complexity index is 885. The van der Waals surface area contributed by atoms with Crippen molar-refractivity contribution >= 4 is 34.4 Å². The van der Waals surface area contributed by atoms with Gasteiger partial charge in [0.15, 0.2) is 5.58 Å². The Labute approximate surface area is 130 Å². The van der Waals surface area contributed by atoms with Gasteiger partial charge in [0.2, 0.25) is 0 Å². The number of hydrogen-bond acceptors (Lipinski definition) is 3. The van der Waals surface area contributed by atoms with Gasteiger partial charge in [-0.2, -0.15) is 0 Å². The molecule has 0 atom stereocenters. The summed E-state index contributed by atoms with van der Waals surface area (Å²) in [5, 5.41) is 5.94. The first-order chi connectivity index (χ1) is 10.6. The minimum Gasteiger partial charge on any atom is -0.408 e. The summed E-state index contributed by atoms with van der Waals surface area (Å²) in [6.45, 7) is 0.303. The first-order valence-corrected chi connectivity index (χ1v) is 6.90. The molecule has 2 amide bonds. The second kappa shape index (κ2) is 5.95. The predicted molar refractivity (Wildman–Crippen MR) is 84.1 cm³/mol. The van der Waals surface area contributed by atoms with Crippen LogP contribution in [-0.2, 0) is 6.54 Å². The van der Waals surface area contributed by atoms with Gasteiger partial charge in [-0.15, -0.1) is 0 Å². The zero-order chi connectivity index (χ0) is 15.5. The van der Waals surface area contributed by atoms with Crippen LogP contribution in [-0.4, -0.2) is 11.0 Å². The van der Waals surface area contributed by atoms with Gasteiger partial charge in [0.1, 0.15) is 0 Å². The predicted octanol–water partition coefficient (Wildman–Crippen LogP) is 3.10. The molecule has 22 heavy (non-hydrogen) atoms. The Kier molecular flexibility index (Phi) is 3.84. The van der Waals surface area contributed by atoms with Crippen LogP contribution in [0.3, 0.4) is 0 Å². The number of halogens is 1. The number of aromatic amines is 1. The number of aromatic nitrogens is 1. The van der Waals surface area contributed by atoms with Crippen molar-refractivity contribution in [2.24, 2.45) is 0 Å². The van der Waals surface area contributed by atoms with Crippen LogP contribution in [0.15, 0.2) is 51.7 Å². The number of nitrogens with one attached hydrogen (secondary N) is 3. The van der Waals surface area contributed by atoms with Crippen LogP contribution in [0.2, 0.25) is 5.02 Å². The lowest BCUT2D eigenvalue weighted by atomic mass is 10.2. The van der Waals surface area contributed by atoms with Crippen LogP contribution in [0.5, 0.6) is 0 Å². The molecular weight excluding hydrogens is 306 g/mol. The summed E-state index contributed by atoms with van der Waals surface area (Å²) in [6, 6.07) is 11.8. The summed E-state index contributed by atoms with van der Waals surface area (Å²) in [4.78, 5) is 25.5. The molecule has 0 spiro atoms. The van der Waals surface area contributed by atoms with E-state index in [1.54, 1.807) is 42.5 Å². The van der Waals surface area contributed by atoms with E-state index < -0.39 is 5.76 Å². The summed E-state index contributed by atoms with van der Waals surface area (Å²) in [5.41, 5.74) is 2.50. The number of amides is 2. The fraction of sp³-hybridized carbons (Fsp3) is 0.0667. The van der Waals surface area contributed by atoms with Crippen molar-refractivity contribution in [1.29, 1.82) is 0 Å². The third-order valence-corrected chi connectivity index (χ3v) is 3.26. The number of oxazole rings is 1. The Morgan fingerprint density at radius 2 is 2.09 bits per heavy atom. The molecule has 0 unspecified atom stereocenters. The highest BCUT2D eigenvalue weighted by Crippen LogP contribution is 2.15. The number of hydrogen-bond donors (Lipinski definition) is 3. The molecule has 0 saturated carbocycles. The van der Waals surface area contributed by atoms with Crippen LogP contribution < -0.4 is 16.4 Å². The third kappa shape index (κ3) is 3.29. The molecule has 0 saturated heterocycles. The lowest BCUT2D eigenvalue weighted by Crippen LogP contribution is -2.28. The molecule has 0 fully saturated rings. The van der Waals surface area contributed by atoms with Crippen molar-refractivity contribution in [3.05, 3.63) is 63.6 Å². The quantitative estimate of drug-likeness (QED) is 0.693. The highest BCUT2D eigenvalue weighted by molar-refractivity contribution is 6.30. The van der Waals surface area contributed by atoms with Crippen LogP contribution in [0, 0.1) is 0 Å². The van der Waals surface area contributed by atoms with Gasteiger partial charge in [-0.1, -0.05) is 23.7 Å². The number of benzene rings is 2. The summed E-state index contributed by atoms with van der Waals surface area (Å²) in [7, 11) is 0. The summed E-state index contributed by atoms with van der Waals surface area (Å²) < 4.78 is 4.97. The molecule has 0 aliphatic carbocycles. The van der Waals surface area contributed by atoms with Crippen molar-refractivity contribution in [3.8, 4) is 0 Å². The van der Waals surface area contributed by atoms with Gasteiger partial charge in [-0.05, 0) is 35.9 Å². The Morgan fingerprint density at radius 1 is 1.23 bits per heavy atom. The maximum atomic E-state index is 11.8. The van der Waals surface area contributed by atoms with E-state index in [4.69, 9.17) is 16.0 Å². The number of H-pyrrole nitrogens is 1. The molecule has 0 aliphatic rings. The molecule has 0 aliphatic heterocycles. The number of fused-ring (bicyclic) bond motifs is 1. The smallest absolute Gasteiger partial charge is 0.408 e. The van der Waals surface area contributed by atoms with E-state index in [-0.39, 0.29) is 6.03 Å². The standard InChI is InChI=1S/C15H12ClN3O3/c16-10-2-1-3-11(7-10)18-14(20)17-8-9-4-5-12-13(6-9)22-15(21)19-12/h1-7H,8H2,(H,19,21)(H2,17,18,20). The first kappa shape index (κ1) is 14.2. The molecular formula is C15H12ClN3O3. The van der Waals surface area contributed by atoms with Gasteiger partial charge in [-0.3, -0.25) is 4.98 Å². The second-order valence-electron chi connectivity index (χ2n) is 4.66. The maximum absolute atomic E-state index is 11.8. The monoisotopic (exact) mass is 317 g/mol. The van der Waals surface area contributed by atoms with Crippen molar-refractivity contribution in [2.75, 3.05) is 5.32 Å². The zero-order valence-corrected chi connectivity index (χ0v) is 12.1. The van der Waals surface area contributed by atoms with Crippen LogP contribution in [0.4, 0.5) is 10.5 Å². The number of rotatable bonds is 3. The number of carbonyl (C=O) groups is 1. The molecule has 112 valence electrons. The van der Waals surface area contributed by atoms with E-state index >= 15 is 0 Å². The van der Waals surface area contributed by atoms with E-state index in [1.165, 1.54) is 0 Å². The van der Waals surface area contributed by atoms with Crippen LogP contribution in [0.1, 0.15) is 5.56 Å². The van der Waals surface area contributed by atoms with Gasteiger partial charge < -0.3 is 15.1 Å². The lowest BCUT2D eigenvalue weighted by molar-refractivity contribution is 0.251. The molecule has 3 N–H and O–H groups in total. The zero-order valence-electron chi connectivity index (χ0n) is 11.4. The van der Waals surface area contributed by atoms with Crippen LogP contribution in [0.25, 0.3) is 11.1 Å². The molecule has 0 radical (unpaired) electrons. The number of urea groups is 1. The fourth-order valence-electron chi connectivity index (χ4n) is 2.02. The van der Waals surface area contributed by atoms with E-state index in [0.717, 1.165) is 5.56 Å². The minimum absolute atomic E-state index is 0.303.